The fourth-order valence-corrected chi connectivity index (χ4v) is 28.2. The number of alkyl halides is 6. The van der Waals surface area contributed by atoms with Crippen LogP contribution in [0.4, 0.5) is 26.3 Å². The van der Waals surface area contributed by atoms with Crippen LogP contribution in [-0.2, 0) is 96.4 Å². The van der Waals surface area contributed by atoms with Crippen molar-refractivity contribution < 1.29 is 104 Å². The Bertz CT molecular complexity index is 4810. The molecule has 4 unspecified atom stereocenters. The van der Waals surface area contributed by atoms with Gasteiger partial charge in [0.1, 0.15) is 5.78 Å². The summed E-state index contributed by atoms with van der Waals surface area (Å²) in [5.41, 5.74) is -1.59. The molecule has 0 aromatic heterocycles. The second-order valence-corrected chi connectivity index (χ2v) is 44.7. The lowest BCUT2D eigenvalue weighted by molar-refractivity contribution is -0.193. The molecule has 0 radical (unpaired) electrons. The molecule has 4 atom stereocenters. The van der Waals surface area contributed by atoms with Crippen molar-refractivity contribution in [1.29, 1.82) is 0 Å². The Hall–Kier alpha value is -8.62. The van der Waals surface area contributed by atoms with Gasteiger partial charge < -0.3 is 33.0 Å². The highest BCUT2D eigenvalue weighted by Crippen LogP contribution is 2.64. The largest absolute Gasteiger partial charge is 0.743 e. The zero-order valence-electron chi connectivity index (χ0n) is 67.9. The van der Waals surface area contributed by atoms with Crippen molar-refractivity contribution in [2.75, 3.05) is 19.8 Å². The molecule has 21 rings (SSSR count). The fraction of sp³-hybridized carbons (Fsp3) is 0.389. The molecule has 0 amide bonds. The first-order valence-electron chi connectivity index (χ1n) is 41.4. The van der Waals surface area contributed by atoms with E-state index >= 15 is 0 Å². The highest BCUT2D eigenvalue weighted by molar-refractivity contribution is 7.97. The van der Waals surface area contributed by atoms with Gasteiger partial charge in [0, 0.05) is 17.3 Å². The average Bonchev–Trinajstić information content (AvgIpc) is 0.739. The van der Waals surface area contributed by atoms with Gasteiger partial charge in [0.15, 0.2) is 74.4 Å². The van der Waals surface area contributed by atoms with Crippen molar-refractivity contribution in [3.63, 3.8) is 0 Å². The number of aliphatic hydroxyl groups is 1. The zero-order chi connectivity index (χ0) is 88.4. The minimum atomic E-state index is -6.10. The van der Waals surface area contributed by atoms with E-state index in [1.165, 1.54) is 63.3 Å². The summed E-state index contributed by atoms with van der Waals surface area (Å²) in [6.45, 7) is -1.01. The van der Waals surface area contributed by atoms with Crippen molar-refractivity contribution in [3.8, 4) is 0 Å². The predicted molar refractivity (Wildman–Crippen MR) is 454 cm³/mol. The maximum absolute atomic E-state index is 13.1. The summed E-state index contributed by atoms with van der Waals surface area (Å²) in [6.07, 6.45) is 15.6. The molecule has 124 heavy (non-hydrogen) atoms. The van der Waals surface area contributed by atoms with Crippen LogP contribution in [-0.4, -0.2) is 109 Å². The van der Waals surface area contributed by atoms with Gasteiger partial charge in [0.25, 0.3) is 0 Å². The molecule has 29 heteroatoms. The Labute approximate surface area is 729 Å². The van der Waals surface area contributed by atoms with Gasteiger partial charge in [0.2, 0.25) is 0 Å². The van der Waals surface area contributed by atoms with Crippen LogP contribution in [0.15, 0.2) is 317 Å². The SMILES string of the molecule is O=C(OCC12CC3CC(CC(O)(C3)C1)C2)C(F)(F)S(=O)(=O)[O-].O=C(OCCC12CC3CC(CC(C3)C1)C2)C(F)(F)S(=O)(=O)[O-].O=C1C2CC3CC1CC(CCOC(=O)C(F)(F)S(=O)(=O)[O-])(C3)C2.c1ccc([S+](c2ccccc2)c2ccccc2)cc1.c1ccc([S+](c2ccccc2)c2ccccc2)cc1.c1ccc([S+](c2ccccc2)c2ccccc2)cc1. The number of hydrogen-bond donors (Lipinski definition) is 1. The monoisotopic (exact) mass is 1820 g/mol. The van der Waals surface area contributed by atoms with Gasteiger partial charge in [-0.25, -0.2) is 39.6 Å². The van der Waals surface area contributed by atoms with E-state index < -0.39 is 75.0 Å². The van der Waals surface area contributed by atoms with Gasteiger partial charge >= 0.3 is 33.7 Å². The minimum Gasteiger partial charge on any atom is -0.743 e. The van der Waals surface area contributed by atoms with E-state index in [-0.39, 0.29) is 92.8 Å². The maximum atomic E-state index is 13.1. The summed E-state index contributed by atoms with van der Waals surface area (Å²) in [5, 5.41) is -4.66. The molecular formula is C95H98F6O17S6. The molecule has 0 aliphatic heterocycles. The Morgan fingerprint density at radius 3 is 0.766 bits per heavy atom. The third kappa shape index (κ3) is 22.5. The van der Waals surface area contributed by atoms with Gasteiger partial charge in [-0.1, -0.05) is 164 Å². The second kappa shape index (κ2) is 39.3. The Balaban J connectivity index is 0.000000128. The number of ketones is 1. The normalized spacial score (nSPS) is 25.4. The summed E-state index contributed by atoms with van der Waals surface area (Å²) in [4.78, 5) is 57.9. The van der Waals surface area contributed by atoms with E-state index in [1.54, 1.807) is 0 Å². The van der Waals surface area contributed by atoms with Crippen molar-refractivity contribution in [2.24, 2.45) is 63.6 Å². The molecule has 12 aliphatic rings. The van der Waals surface area contributed by atoms with Crippen LogP contribution >= 0.6 is 0 Å². The topological polar surface area (TPSA) is 288 Å². The molecule has 17 nitrogen and oxygen atoms in total. The Morgan fingerprint density at radius 1 is 0.323 bits per heavy atom. The molecule has 0 heterocycles. The zero-order valence-corrected chi connectivity index (χ0v) is 72.8. The molecule has 658 valence electrons. The summed E-state index contributed by atoms with van der Waals surface area (Å²) in [5.74, 6) is -3.54. The van der Waals surface area contributed by atoms with Crippen molar-refractivity contribution in [2.45, 2.75) is 187 Å². The Morgan fingerprint density at radius 2 is 0.532 bits per heavy atom. The lowest BCUT2D eigenvalue weighted by atomic mass is 9.48. The van der Waals surface area contributed by atoms with E-state index in [1.807, 2.05) is 0 Å². The smallest absolute Gasteiger partial charge is 0.428 e. The van der Waals surface area contributed by atoms with E-state index in [4.69, 9.17) is 0 Å². The predicted octanol–water partition coefficient (Wildman–Crippen LogP) is 19.1. The van der Waals surface area contributed by atoms with Gasteiger partial charge in [-0.05, 0) is 278 Å². The quantitative estimate of drug-likeness (QED) is 0.0205. The van der Waals surface area contributed by atoms with E-state index in [2.05, 4.69) is 287 Å². The van der Waals surface area contributed by atoms with E-state index in [0.29, 0.717) is 81.5 Å². The number of carbonyl (C=O) groups excluding carboxylic acids is 4. The molecule has 12 saturated carbocycles. The molecule has 9 aromatic carbocycles. The molecule has 0 spiro atoms. The lowest BCUT2D eigenvalue weighted by Gasteiger charge is -2.59. The molecule has 12 aliphatic carbocycles. The standard InChI is InChI=1S/3C18H15S.C14H18F2O6S.C14H20F2O5S.C13H18F2O6S/c3*1-4-10-16(11-5-1)19(17-12-6-2-7-13-17)18-14-8-3-9-15-18;15-14(16,23(19,20)21)12(18)22-2-1-13-5-8-3-9(6-13)11(17)10(4-8)7-13;15-14(16,22(18,19)20)12(17)21-2-1-13-6-9-3-10(7-13)5-11(4-9)8-13;14-13(15,22(18,19)20)10(16)21-7-11-2-8-1-9(3-11)5-12(17,4-8)6-11/h3*1-15H;8-10H,1-7H2,(H,19,20,21);9-11H,1-8H2,(H,18,19,20);8-9,17H,1-7H2,(H,18,19,20)/q3*+1;;;/p-3. The van der Waals surface area contributed by atoms with Gasteiger partial charge in [-0.3, -0.25) is 4.79 Å². The van der Waals surface area contributed by atoms with Crippen LogP contribution in [0.2, 0.25) is 0 Å². The first kappa shape index (κ1) is 93.0. The van der Waals surface area contributed by atoms with Crippen LogP contribution in [0.1, 0.15) is 122 Å². The molecule has 1 N–H and O–H groups in total. The van der Waals surface area contributed by atoms with Gasteiger partial charge in [-0.15, -0.1) is 0 Å². The third-order valence-electron chi connectivity index (χ3n) is 25.1. The number of halogens is 6. The van der Waals surface area contributed by atoms with Crippen molar-refractivity contribution in [3.05, 3.63) is 273 Å². The second-order valence-electron chi connectivity index (χ2n) is 34.3. The summed E-state index contributed by atoms with van der Waals surface area (Å²) in [6, 6.07) is 96.5. The number of ether oxygens (including phenoxy) is 3. The third-order valence-corrected chi connectivity index (χ3v) is 34.2. The molecule has 12 bridgehead atoms. The van der Waals surface area contributed by atoms with Crippen molar-refractivity contribution in [1.82, 2.24) is 0 Å². The number of benzene rings is 9. The highest BCUT2D eigenvalue weighted by Gasteiger charge is 2.60. The first-order chi connectivity index (χ1) is 59.0. The molecule has 9 aromatic rings. The highest BCUT2D eigenvalue weighted by atomic mass is 32.2. The number of rotatable bonds is 23. The maximum Gasteiger partial charge on any atom is 0.428 e. The fourth-order valence-electron chi connectivity index (χ4n) is 21.1. The number of esters is 3. The number of Topliss-reactive ketones (excluding diaryl/α,β-unsaturated/α-hetero) is 1. The van der Waals surface area contributed by atoms with Gasteiger partial charge in [-0.2, -0.15) is 26.3 Å². The van der Waals surface area contributed by atoms with E-state index in [9.17, 15) is 89.5 Å². The molecular weight excluding hydrogens is 1720 g/mol. The Kier molecular flexibility index (Phi) is 29.5. The molecule has 0 saturated heterocycles. The molecule has 12 fully saturated rings. The average molecular weight is 1820 g/mol. The lowest BCUT2D eigenvalue weighted by Crippen LogP contribution is -2.57. The minimum absolute atomic E-state index is 0.0143. The van der Waals surface area contributed by atoms with E-state index in [0.717, 1.165) is 44.9 Å². The van der Waals surface area contributed by atoms with Crippen LogP contribution < -0.4 is 0 Å². The summed E-state index contributed by atoms with van der Waals surface area (Å²) in [7, 11) is -18.3. The first-order valence-corrected chi connectivity index (χ1v) is 49.3. The summed E-state index contributed by atoms with van der Waals surface area (Å²) >= 11 is 0. The number of hydrogen-bond acceptors (Lipinski definition) is 17. The van der Waals surface area contributed by atoms with Crippen LogP contribution in [0.5, 0.6) is 0 Å². The van der Waals surface area contributed by atoms with Crippen LogP contribution in [0, 0.1) is 63.6 Å². The summed E-state index contributed by atoms with van der Waals surface area (Å²) < 4.78 is 185. The van der Waals surface area contributed by atoms with Gasteiger partial charge in [0.05, 0.1) is 58.1 Å². The van der Waals surface area contributed by atoms with Crippen LogP contribution in [0.3, 0.4) is 0 Å². The van der Waals surface area contributed by atoms with Crippen LogP contribution in [0.25, 0.3) is 0 Å². The number of carbonyl (C=O) groups is 4. The van der Waals surface area contributed by atoms with Crippen molar-refractivity contribution >= 4 is 86.7 Å².